The van der Waals surface area contributed by atoms with Crippen LogP contribution in [0.15, 0.2) is 22.7 Å². The van der Waals surface area contributed by atoms with Crippen molar-refractivity contribution in [3.05, 3.63) is 33.8 Å². The zero-order valence-corrected chi connectivity index (χ0v) is 12.6. The Morgan fingerprint density at radius 1 is 1.33 bits per heavy atom. The number of hydrogen-bond donors (Lipinski definition) is 2. The number of carbonyl (C=O) groups excluding carboxylic acids is 1. The molecule has 0 aliphatic heterocycles. The van der Waals surface area contributed by atoms with Gasteiger partial charge in [-0.25, -0.2) is 13.1 Å². The summed E-state index contributed by atoms with van der Waals surface area (Å²) in [7, 11) is -3.21. The highest BCUT2D eigenvalue weighted by Crippen LogP contribution is 2.15. The van der Waals surface area contributed by atoms with Crippen LogP contribution in [0.3, 0.4) is 0 Å². The molecule has 1 amide bonds. The third kappa shape index (κ3) is 5.16. The molecule has 0 bridgehead atoms. The molecular weight excluding hydrogens is 320 g/mol. The van der Waals surface area contributed by atoms with E-state index in [1.165, 1.54) is 0 Å². The molecule has 0 atom stereocenters. The van der Waals surface area contributed by atoms with Crippen LogP contribution in [0.1, 0.15) is 15.9 Å². The molecule has 0 heterocycles. The molecule has 0 aromatic heterocycles. The Labute approximate surface area is 115 Å². The van der Waals surface area contributed by atoms with Crippen molar-refractivity contribution in [1.29, 1.82) is 0 Å². The number of carbonyl (C=O) groups is 1. The lowest BCUT2D eigenvalue weighted by Crippen LogP contribution is -2.34. The van der Waals surface area contributed by atoms with Crippen LogP contribution >= 0.6 is 15.9 Å². The highest BCUT2D eigenvalue weighted by molar-refractivity contribution is 9.10. The average molecular weight is 335 g/mol. The van der Waals surface area contributed by atoms with Crippen molar-refractivity contribution < 1.29 is 13.2 Å². The minimum absolute atomic E-state index is 0.178. The first-order valence-corrected chi connectivity index (χ1v) is 7.97. The first-order valence-electron chi connectivity index (χ1n) is 5.28. The third-order valence-electron chi connectivity index (χ3n) is 2.22. The molecule has 0 spiro atoms. The number of amides is 1. The molecule has 2 N–H and O–H groups in total. The fraction of sp³-hybridized carbons (Fsp3) is 0.364. The first-order chi connectivity index (χ1) is 8.29. The van der Waals surface area contributed by atoms with Gasteiger partial charge in [-0.3, -0.25) is 4.79 Å². The number of nitrogens with one attached hydrogen (secondary N) is 2. The van der Waals surface area contributed by atoms with Crippen molar-refractivity contribution in [2.45, 2.75) is 6.92 Å². The minimum Gasteiger partial charge on any atom is -0.351 e. The predicted octanol–water partition coefficient (Wildman–Crippen LogP) is 1.04. The van der Waals surface area contributed by atoms with Gasteiger partial charge in [-0.2, -0.15) is 0 Å². The van der Waals surface area contributed by atoms with Gasteiger partial charge in [0.15, 0.2) is 0 Å². The van der Waals surface area contributed by atoms with E-state index in [0.29, 0.717) is 5.56 Å². The molecule has 0 aliphatic rings. The summed E-state index contributed by atoms with van der Waals surface area (Å²) in [5.41, 5.74) is 1.44. The van der Waals surface area contributed by atoms with Gasteiger partial charge in [0.2, 0.25) is 10.0 Å². The van der Waals surface area contributed by atoms with Gasteiger partial charge >= 0.3 is 0 Å². The molecule has 0 saturated heterocycles. The van der Waals surface area contributed by atoms with E-state index < -0.39 is 10.0 Å². The fourth-order valence-corrected chi connectivity index (χ4v) is 2.18. The maximum atomic E-state index is 11.8. The molecule has 0 fully saturated rings. The Kier molecular flexibility index (Phi) is 5.30. The molecule has 18 heavy (non-hydrogen) atoms. The summed E-state index contributed by atoms with van der Waals surface area (Å²) >= 11 is 3.30. The van der Waals surface area contributed by atoms with Crippen LogP contribution in [0.25, 0.3) is 0 Å². The lowest BCUT2D eigenvalue weighted by Gasteiger charge is -2.08. The molecule has 1 rings (SSSR count). The monoisotopic (exact) mass is 334 g/mol. The van der Waals surface area contributed by atoms with E-state index in [1.54, 1.807) is 6.07 Å². The molecule has 1 aromatic rings. The van der Waals surface area contributed by atoms with Gasteiger partial charge in [-0.05, 0) is 24.6 Å². The highest BCUT2D eigenvalue weighted by Gasteiger charge is 2.09. The van der Waals surface area contributed by atoms with Gasteiger partial charge in [-0.15, -0.1) is 0 Å². The number of halogens is 1. The van der Waals surface area contributed by atoms with Crippen LogP contribution in [0.2, 0.25) is 0 Å². The maximum absolute atomic E-state index is 11.8. The molecule has 100 valence electrons. The van der Waals surface area contributed by atoms with Crippen LogP contribution in [0, 0.1) is 6.92 Å². The van der Waals surface area contributed by atoms with Crippen molar-refractivity contribution in [2.75, 3.05) is 19.3 Å². The Hall–Kier alpha value is -0.920. The number of hydrogen-bond acceptors (Lipinski definition) is 3. The lowest BCUT2D eigenvalue weighted by atomic mass is 10.1. The summed E-state index contributed by atoms with van der Waals surface area (Å²) in [6, 6.07) is 5.43. The van der Waals surface area contributed by atoms with Crippen LogP contribution in [-0.4, -0.2) is 33.7 Å². The number of benzene rings is 1. The van der Waals surface area contributed by atoms with Crippen molar-refractivity contribution in [3.63, 3.8) is 0 Å². The van der Waals surface area contributed by atoms with Crippen LogP contribution in [0.4, 0.5) is 0 Å². The number of rotatable bonds is 5. The van der Waals surface area contributed by atoms with Crippen molar-refractivity contribution in [3.8, 4) is 0 Å². The molecule has 0 unspecified atom stereocenters. The highest BCUT2D eigenvalue weighted by atomic mass is 79.9. The van der Waals surface area contributed by atoms with Gasteiger partial charge in [0.05, 0.1) is 6.26 Å². The summed E-state index contributed by atoms with van der Waals surface area (Å²) in [6.07, 6.45) is 1.08. The third-order valence-corrected chi connectivity index (χ3v) is 3.44. The number of sulfonamides is 1. The Balaban J connectivity index is 2.53. The van der Waals surface area contributed by atoms with Crippen LogP contribution in [-0.2, 0) is 10.0 Å². The second-order valence-electron chi connectivity index (χ2n) is 3.88. The van der Waals surface area contributed by atoms with Crippen LogP contribution < -0.4 is 10.0 Å². The zero-order valence-electron chi connectivity index (χ0n) is 10.2. The molecule has 1 aromatic carbocycles. The quantitative estimate of drug-likeness (QED) is 0.790. The smallest absolute Gasteiger partial charge is 0.251 e. The van der Waals surface area contributed by atoms with E-state index >= 15 is 0 Å². The van der Waals surface area contributed by atoms with Gasteiger partial charge in [0, 0.05) is 23.1 Å². The van der Waals surface area contributed by atoms with Crippen LogP contribution in [0.5, 0.6) is 0 Å². The summed E-state index contributed by atoms with van der Waals surface area (Å²) in [5, 5.41) is 2.65. The molecule has 0 saturated carbocycles. The Morgan fingerprint density at radius 2 is 2.00 bits per heavy atom. The average Bonchev–Trinajstić information content (AvgIpc) is 2.26. The molecule has 7 heteroatoms. The summed E-state index contributed by atoms with van der Waals surface area (Å²) in [5.74, 6) is -0.218. The van der Waals surface area contributed by atoms with E-state index in [9.17, 15) is 13.2 Å². The molecule has 0 aliphatic carbocycles. The summed E-state index contributed by atoms with van der Waals surface area (Å²) < 4.78 is 24.8. The molecule has 0 radical (unpaired) electrons. The van der Waals surface area contributed by atoms with Crippen molar-refractivity contribution in [2.24, 2.45) is 0 Å². The van der Waals surface area contributed by atoms with E-state index in [2.05, 4.69) is 26.0 Å². The van der Waals surface area contributed by atoms with Gasteiger partial charge in [-0.1, -0.05) is 22.0 Å². The van der Waals surface area contributed by atoms with E-state index in [4.69, 9.17) is 0 Å². The van der Waals surface area contributed by atoms with Gasteiger partial charge in [0.1, 0.15) is 0 Å². The largest absolute Gasteiger partial charge is 0.351 e. The fourth-order valence-electron chi connectivity index (χ4n) is 1.35. The Bertz CT molecular complexity index is 543. The minimum atomic E-state index is -3.21. The molecule has 5 nitrogen and oxygen atoms in total. The topological polar surface area (TPSA) is 75.3 Å². The number of aryl methyl sites for hydroxylation is 1. The van der Waals surface area contributed by atoms with E-state index in [-0.39, 0.29) is 19.0 Å². The predicted molar refractivity (Wildman–Crippen MR) is 74.1 cm³/mol. The zero-order chi connectivity index (χ0) is 13.8. The van der Waals surface area contributed by atoms with Gasteiger partial charge < -0.3 is 5.32 Å². The summed E-state index contributed by atoms with van der Waals surface area (Å²) in [4.78, 5) is 11.8. The first kappa shape index (κ1) is 15.1. The second kappa shape index (κ2) is 6.31. The van der Waals surface area contributed by atoms with Crippen molar-refractivity contribution in [1.82, 2.24) is 10.0 Å². The lowest BCUT2D eigenvalue weighted by molar-refractivity contribution is 0.0953. The standard InChI is InChI=1S/C11H15BrN2O3S/c1-8-3-4-9(12)7-10(8)11(15)13-5-6-14-18(2,16)17/h3-4,7,14H,5-6H2,1-2H3,(H,13,15). The SMILES string of the molecule is Cc1ccc(Br)cc1C(=O)NCCNS(C)(=O)=O. The van der Waals surface area contributed by atoms with E-state index in [1.807, 2.05) is 19.1 Å². The maximum Gasteiger partial charge on any atom is 0.251 e. The second-order valence-corrected chi connectivity index (χ2v) is 6.63. The normalized spacial score (nSPS) is 11.3. The Morgan fingerprint density at radius 3 is 2.61 bits per heavy atom. The summed E-state index contributed by atoms with van der Waals surface area (Å²) in [6.45, 7) is 2.27. The van der Waals surface area contributed by atoms with E-state index in [0.717, 1.165) is 16.3 Å². The van der Waals surface area contributed by atoms with Gasteiger partial charge in [0.25, 0.3) is 5.91 Å². The van der Waals surface area contributed by atoms with Crippen molar-refractivity contribution >= 4 is 31.9 Å². The molecular formula is C11H15BrN2O3S.